The van der Waals surface area contributed by atoms with E-state index >= 15 is 0 Å². The predicted octanol–water partition coefficient (Wildman–Crippen LogP) is 2.42. The molecule has 6 heteroatoms. The van der Waals surface area contributed by atoms with Crippen LogP contribution in [0.2, 0.25) is 0 Å². The van der Waals surface area contributed by atoms with E-state index in [0.717, 1.165) is 18.4 Å². The Morgan fingerprint density at radius 3 is 2.81 bits per heavy atom. The third-order valence-corrected chi connectivity index (χ3v) is 2.90. The Kier molecular flexibility index (Phi) is 5.31. The van der Waals surface area contributed by atoms with E-state index in [0.29, 0.717) is 36.4 Å². The van der Waals surface area contributed by atoms with Gasteiger partial charge in [0.1, 0.15) is 11.5 Å². The molecule has 112 valence electrons. The molecule has 0 amide bonds. The van der Waals surface area contributed by atoms with E-state index in [9.17, 15) is 0 Å². The summed E-state index contributed by atoms with van der Waals surface area (Å²) in [6.45, 7) is 5.23. The van der Waals surface area contributed by atoms with Gasteiger partial charge in [0.2, 0.25) is 5.88 Å². The van der Waals surface area contributed by atoms with Gasteiger partial charge in [-0.2, -0.15) is 4.98 Å². The molecular weight excluding hydrogens is 266 g/mol. The van der Waals surface area contributed by atoms with Gasteiger partial charge in [0.25, 0.3) is 0 Å². The van der Waals surface area contributed by atoms with E-state index in [-0.39, 0.29) is 0 Å². The van der Waals surface area contributed by atoms with Crippen LogP contribution < -0.4 is 15.8 Å². The van der Waals surface area contributed by atoms with E-state index in [2.05, 4.69) is 20.3 Å². The lowest BCUT2D eigenvalue weighted by Crippen LogP contribution is -2.11. The Balaban J connectivity index is 2.17. The SMILES string of the molecule is CCCOc1nc(CC)nc(NCc2cccnc2)c1N. The Bertz CT molecular complexity index is 574. The fourth-order valence-electron chi connectivity index (χ4n) is 1.78. The normalized spacial score (nSPS) is 10.4. The van der Waals surface area contributed by atoms with Crippen molar-refractivity contribution in [3.05, 3.63) is 35.9 Å². The molecule has 0 aliphatic carbocycles. The molecule has 2 rings (SSSR count). The molecule has 2 heterocycles. The van der Waals surface area contributed by atoms with Gasteiger partial charge in [0, 0.05) is 25.4 Å². The average molecular weight is 287 g/mol. The van der Waals surface area contributed by atoms with Gasteiger partial charge in [0.05, 0.1) is 6.61 Å². The van der Waals surface area contributed by atoms with E-state index in [4.69, 9.17) is 10.5 Å². The van der Waals surface area contributed by atoms with Crippen molar-refractivity contribution in [1.29, 1.82) is 0 Å². The van der Waals surface area contributed by atoms with Crippen molar-refractivity contribution in [2.75, 3.05) is 17.7 Å². The summed E-state index contributed by atoms with van der Waals surface area (Å²) in [5, 5.41) is 3.22. The van der Waals surface area contributed by atoms with Crippen molar-refractivity contribution in [1.82, 2.24) is 15.0 Å². The second kappa shape index (κ2) is 7.42. The number of nitrogen functional groups attached to an aromatic ring is 1. The number of hydrogen-bond acceptors (Lipinski definition) is 6. The van der Waals surface area contributed by atoms with Gasteiger partial charge < -0.3 is 15.8 Å². The quantitative estimate of drug-likeness (QED) is 0.813. The maximum absolute atomic E-state index is 6.08. The Labute approximate surface area is 124 Å². The number of rotatable bonds is 7. The molecule has 3 N–H and O–H groups in total. The summed E-state index contributed by atoms with van der Waals surface area (Å²) in [6, 6.07) is 3.89. The van der Waals surface area contributed by atoms with Crippen molar-refractivity contribution in [2.24, 2.45) is 0 Å². The van der Waals surface area contributed by atoms with Crippen LogP contribution in [-0.2, 0) is 13.0 Å². The van der Waals surface area contributed by atoms with Gasteiger partial charge >= 0.3 is 0 Å². The van der Waals surface area contributed by atoms with Gasteiger partial charge in [-0.05, 0) is 18.1 Å². The topological polar surface area (TPSA) is 86.0 Å². The number of anilines is 2. The third kappa shape index (κ3) is 4.05. The minimum Gasteiger partial charge on any atom is -0.476 e. The van der Waals surface area contributed by atoms with Crippen LogP contribution in [0.1, 0.15) is 31.7 Å². The number of aromatic nitrogens is 3. The first-order chi connectivity index (χ1) is 10.2. The summed E-state index contributed by atoms with van der Waals surface area (Å²) in [7, 11) is 0. The number of aryl methyl sites for hydroxylation is 1. The molecule has 0 saturated carbocycles. The first kappa shape index (κ1) is 15.0. The Morgan fingerprint density at radius 2 is 2.14 bits per heavy atom. The van der Waals surface area contributed by atoms with Crippen LogP contribution in [0.3, 0.4) is 0 Å². The van der Waals surface area contributed by atoms with Crippen LogP contribution in [-0.4, -0.2) is 21.6 Å². The van der Waals surface area contributed by atoms with Crippen molar-refractivity contribution in [2.45, 2.75) is 33.2 Å². The molecule has 0 aromatic carbocycles. The standard InChI is InChI=1S/C15H21N5O/c1-3-8-21-15-13(16)14(19-12(4-2)20-15)18-10-11-6-5-7-17-9-11/h5-7,9H,3-4,8,10,16H2,1-2H3,(H,18,19,20). The van der Waals surface area contributed by atoms with E-state index in [1.54, 1.807) is 12.4 Å². The number of nitrogens with two attached hydrogens (primary N) is 1. The smallest absolute Gasteiger partial charge is 0.242 e. The van der Waals surface area contributed by atoms with E-state index < -0.39 is 0 Å². The van der Waals surface area contributed by atoms with Gasteiger partial charge in [-0.3, -0.25) is 4.98 Å². The van der Waals surface area contributed by atoms with Crippen LogP contribution in [0.25, 0.3) is 0 Å². The number of ether oxygens (including phenoxy) is 1. The first-order valence-electron chi connectivity index (χ1n) is 7.16. The average Bonchev–Trinajstić information content (AvgIpc) is 2.53. The minimum absolute atomic E-state index is 0.449. The largest absolute Gasteiger partial charge is 0.476 e. The predicted molar refractivity (Wildman–Crippen MR) is 83.2 cm³/mol. The van der Waals surface area contributed by atoms with Crippen molar-refractivity contribution < 1.29 is 4.74 Å². The zero-order chi connectivity index (χ0) is 15.1. The first-order valence-corrected chi connectivity index (χ1v) is 7.16. The number of nitrogens with one attached hydrogen (secondary N) is 1. The van der Waals surface area contributed by atoms with E-state index in [1.807, 2.05) is 26.0 Å². The molecule has 0 aliphatic heterocycles. The minimum atomic E-state index is 0.449. The van der Waals surface area contributed by atoms with E-state index in [1.165, 1.54) is 0 Å². The fraction of sp³-hybridized carbons (Fsp3) is 0.400. The van der Waals surface area contributed by atoms with Crippen LogP contribution in [0, 0.1) is 0 Å². The van der Waals surface area contributed by atoms with Gasteiger partial charge in [-0.25, -0.2) is 4.98 Å². The lowest BCUT2D eigenvalue weighted by atomic mass is 10.3. The summed E-state index contributed by atoms with van der Waals surface area (Å²) in [4.78, 5) is 12.8. The molecule has 6 nitrogen and oxygen atoms in total. The van der Waals surface area contributed by atoms with Crippen LogP contribution in [0.4, 0.5) is 11.5 Å². The van der Waals surface area contributed by atoms with Crippen molar-refractivity contribution in [3.63, 3.8) is 0 Å². The van der Waals surface area contributed by atoms with Crippen molar-refractivity contribution >= 4 is 11.5 Å². The Morgan fingerprint density at radius 1 is 1.29 bits per heavy atom. The summed E-state index contributed by atoms with van der Waals surface area (Å²) in [5.74, 6) is 1.78. The van der Waals surface area contributed by atoms with Gasteiger partial charge in [0.15, 0.2) is 5.82 Å². The molecule has 2 aromatic heterocycles. The molecule has 0 atom stereocenters. The zero-order valence-corrected chi connectivity index (χ0v) is 12.5. The van der Waals surface area contributed by atoms with Crippen LogP contribution in [0.15, 0.2) is 24.5 Å². The lowest BCUT2D eigenvalue weighted by molar-refractivity contribution is 0.305. The number of pyridine rings is 1. The maximum atomic E-state index is 6.08. The molecule has 0 bridgehead atoms. The highest BCUT2D eigenvalue weighted by Crippen LogP contribution is 2.26. The van der Waals surface area contributed by atoms with Crippen molar-refractivity contribution in [3.8, 4) is 5.88 Å². The third-order valence-electron chi connectivity index (χ3n) is 2.90. The monoisotopic (exact) mass is 287 g/mol. The lowest BCUT2D eigenvalue weighted by Gasteiger charge is -2.13. The molecule has 2 aromatic rings. The molecule has 0 saturated heterocycles. The molecule has 0 unspecified atom stereocenters. The maximum Gasteiger partial charge on any atom is 0.242 e. The molecule has 0 spiro atoms. The molecule has 0 aliphatic rings. The highest BCUT2D eigenvalue weighted by molar-refractivity contribution is 5.67. The molecular formula is C15H21N5O. The number of hydrogen-bond donors (Lipinski definition) is 2. The van der Waals surface area contributed by atoms with Gasteiger partial charge in [-0.15, -0.1) is 0 Å². The van der Waals surface area contributed by atoms with Gasteiger partial charge in [-0.1, -0.05) is 19.9 Å². The summed E-state index contributed by atoms with van der Waals surface area (Å²) < 4.78 is 5.59. The molecule has 21 heavy (non-hydrogen) atoms. The number of nitrogens with zero attached hydrogens (tertiary/aromatic N) is 3. The highest BCUT2D eigenvalue weighted by Gasteiger charge is 2.12. The van der Waals surface area contributed by atoms with Crippen LogP contribution >= 0.6 is 0 Å². The second-order valence-corrected chi connectivity index (χ2v) is 4.62. The molecule has 0 radical (unpaired) electrons. The van der Waals surface area contributed by atoms with Crippen LogP contribution in [0.5, 0.6) is 5.88 Å². The fourth-order valence-corrected chi connectivity index (χ4v) is 1.78. The summed E-state index contributed by atoms with van der Waals surface area (Å²) in [5.41, 5.74) is 7.59. The Hall–Kier alpha value is -2.37. The second-order valence-electron chi connectivity index (χ2n) is 4.62. The molecule has 0 fully saturated rings. The zero-order valence-electron chi connectivity index (χ0n) is 12.5. The summed E-state index contributed by atoms with van der Waals surface area (Å²) >= 11 is 0. The highest BCUT2D eigenvalue weighted by atomic mass is 16.5. The summed E-state index contributed by atoms with van der Waals surface area (Å²) in [6.07, 6.45) is 5.18.